The van der Waals surface area contributed by atoms with Gasteiger partial charge in [0.2, 0.25) is 0 Å². The van der Waals surface area contributed by atoms with Crippen LogP contribution in [0.5, 0.6) is 5.75 Å². The molecule has 1 atom stereocenters. The minimum atomic E-state index is 0.298. The van der Waals surface area contributed by atoms with Crippen molar-refractivity contribution in [1.29, 1.82) is 0 Å². The molecule has 0 aliphatic carbocycles. The summed E-state index contributed by atoms with van der Waals surface area (Å²) in [5, 5.41) is 0. The zero-order valence-electron chi connectivity index (χ0n) is 9.79. The van der Waals surface area contributed by atoms with E-state index in [1.54, 1.807) is 7.11 Å². The lowest BCUT2D eigenvalue weighted by Crippen LogP contribution is -2.15. The summed E-state index contributed by atoms with van der Waals surface area (Å²) in [5.41, 5.74) is 1.64. The van der Waals surface area contributed by atoms with Crippen LogP contribution in [-0.2, 0) is 0 Å². The van der Waals surface area contributed by atoms with E-state index in [1.165, 1.54) is 5.56 Å². The Morgan fingerprint density at radius 3 is 2.36 bits per heavy atom. The molecule has 14 heavy (non-hydrogen) atoms. The van der Waals surface area contributed by atoms with E-state index in [0.717, 1.165) is 5.75 Å². The molecular weight excluding hydrogens is 172 g/mol. The Balaban J connectivity index is 2.95. The first-order valence-corrected chi connectivity index (χ1v) is 5.09. The largest absolute Gasteiger partial charge is 0.497 e. The van der Waals surface area contributed by atoms with Crippen molar-refractivity contribution in [2.24, 2.45) is 5.41 Å². The number of methoxy groups -OCH3 is 1. The van der Waals surface area contributed by atoms with E-state index in [4.69, 9.17) is 4.74 Å². The maximum atomic E-state index is 5.22. The smallest absolute Gasteiger partial charge is 0.119 e. The summed E-state index contributed by atoms with van der Waals surface area (Å²) in [6, 6.07) is 8.32. The number of benzene rings is 1. The topological polar surface area (TPSA) is 9.23 Å². The monoisotopic (exact) mass is 192 g/mol. The van der Waals surface area contributed by atoms with Gasteiger partial charge in [0.1, 0.15) is 5.75 Å². The molecule has 0 fully saturated rings. The van der Waals surface area contributed by atoms with Crippen LogP contribution in [0.2, 0.25) is 0 Å². The van der Waals surface area contributed by atoms with E-state index in [2.05, 4.69) is 45.9 Å². The van der Waals surface area contributed by atoms with Crippen LogP contribution >= 0.6 is 0 Å². The predicted molar refractivity (Wildman–Crippen MR) is 60.9 cm³/mol. The van der Waals surface area contributed by atoms with Gasteiger partial charge in [0.15, 0.2) is 0 Å². The Kier molecular flexibility index (Phi) is 3.20. The highest BCUT2D eigenvalue weighted by Crippen LogP contribution is 2.35. The van der Waals surface area contributed by atoms with Gasteiger partial charge >= 0.3 is 0 Å². The normalized spacial score (nSPS) is 13.8. The molecule has 0 N–H and O–H groups in total. The number of hydrogen-bond donors (Lipinski definition) is 0. The Morgan fingerprint density at radius 2 is 1.86 bits per heavy atom. The van der Waals surface area contributed by atoms with Gasteiger partial charge in [-0.3, -0.25) is 0 Å². The lowest BCUT2D eigenvalue weighted by molar-refractivity contribution is 0.338. The van der Waals surface area contributed by atoms with Crippen LogP contribution in [0.4, 0.5) is 0 Å². The van der Waals surface area contributed by atoms with Gasteiger partial charge in [-0.1, -0.05) is 39.8 Å². The van der Waals surface area contributed by atoms with Gasteiger partial charge in [0, 0.05) is 0 Å². The van der Waals surface area contributed by atoms with Gasteiger partial charge in [-0.05, 0) is 29.0 Å². The molecule has 0 aliphatic rings. The lowest BCUT2D eigenvalue weighted by Gasteiger charge is -2.27. The fourth-order valence-electron chi connectivity index (χ4n) is 1.41. The van der Waals surface area contributed by atoms with Crippen LogP contribution in [0.25, 0.3) is 0 Å². The Labute approximate surface area is 87.1 Å². The second-order valence-electron chi connectivity index (χ2n) is 4.86. The molecule has 0 amide bonds. The van der Waals surface area contributed by atoms with Crippen molar-refractivity contribution in [3.63, 3.8) is 0 Å². The van der Waals surface area contributed by atoms with Gasteiger partial charge in [-0.15, -0.1) is 0 Å². The van der Waals surface area contributed by atoms with Crippen LogP contribution in [0.15, 0.2) is 24.3 Å². The Hall–Kier alpha value is -0.980. The minimum Gasteiger partial charge on any atom is -0.497 e. The molecule has 0 saturated carbocycles. The zero-order chi connectivity index (χ0) is 10.8. The van der Waals surface area contributed by atoms with Crippen molar-refractivity contribution in [3.8, 4) is 5.75 Å². The fourth-order valence-corrected chi connectivity index (χ4v) is 1.41. The molecule has 1 rings (SSSR count). The van der Waals surface area contributed by atoms with Crippen LogP contribution in [0.1, 0.15) is 39.2 Å². The van der Waals surface area contributed by atoms with Gasteiger partial charge in [-0.25, -0.2) is 0 Å². The summed E-state index contributed by atoms with van der Waals surface area (Å²) in [6.45, 7) is 9.04. The number of ether oxygens (including phenoxy) is 1. The molecule has 0 heterocycles. The fraction of sp³-hybridized carbons (Fsp3) is 0.538. The molecule has 0 radical (unpaired) electrons. The standard InChI is InChI=1S/C13H20O/c1-10(13(2,3)4)11-7-6-8-12(9-11)14-5/h6-10H,1-5H3/t10-/m1/s1. The maximum Gasteiger partial charge on any atom is 0.119 e. The number of rotatable bonds is 2. The quantitative estimate of drug-likeness (QED) is 0.691. The van der Waals surface area contributed by atoms with Crippen molar-refractivity contribution < 1.29 is 4.74 Å². The first kappa shape index (κ1) is 11.1. The summed E-state index contributed by atoms with van der Waals surface area (Å²) in [6.07, 6.45) is 0. The molecule has 1 nitrogen and oxygen atoms in total. The highest BCUT2D eigenvalue weighted by molar-refractivity contribution is 5.31. The first-order chi connectivity index (χ1) is 6.45. The first-order valence-electron chi connectivity index (χ1n) is 5.09. The Bertz CT molecular complexity index is 296. The molecule has 78 valence electrons. The third-order valence-electron chi connectivity index (χ3n) is 2.89. The van der Waals surface area contributed by atoms with Crippen molar-refractivity contribution in [3.05, 3.63) is 29.8 Å². The lowest BCUT2D eigenvalue weighted by atomic mass is 9.78. The van der Waals surface area contributed by atoms with Crippen molar-refractivity contribution in [2.45, 2.75) is 33.6 Å². The summed E-state index contributed by atoms with van der Waals surface area (Å²) in [7, 11) is 1.71. The van der Waals surface area contributed by atoms with Gasteiger partial charge in [0.25, 0.3) is 0 Å². The third kappa shape index (κ3) is 2.50. The second-order valence-corrected chi connectivity index (χ2v) is 4.86. The van der Waals surface area contributed by atoms with Gasteiger partial charge in [-0.2, -0.15) is 0 Å². The summed E-state index contributed by atoms with van der Waals surface area (Å²) >= 11 is 0. The van der Waals surface area contributed by atoms with E-state index in [0.29, 0.717) is 11.3 Å². The molecule has 0 spiro atoms. The molecule has 0 bridgehead atoms. The molecule has 1 aromatic rings. The van der Waals surface area contributed by atoms with Gasteiger partial charge < -0.3 is 4.74 Å². The van der Waals surface area contributed by atoms with Crippen molar-refractivity contribution >= 4 is 0 Å². The van der Waals surface area contributed by atoms with E-state index in [-0.39, 0.29) is 0 Å². The van der Waals surface area contributed by atoms with Gasteiger partial charge in [0.05, 0.1) is 7.11 Å². The van der Waals surface area contributed by atoms with E-state index < -0.39 is 0 Å². The molecule has 0 unspecified atom stereocenters. The van der Waals surface area contributed by atoms with Crippen LogP contribution in [0, 0.1) is 5.41 Å². The molecule has 1 heteroatoms. The average Bonchev–Trinajstić information content (AvgIpc) is 2.15. The number of hydrogen-bond acceptors (Lipinski definition) is 1. The zero-order valence-corrected chi connectivity index (χ0v) is 9.79. The predicted octanol–water partition coefficient (Wildman–Crippen LogP) is 3.84. The highest BCUT2D eigenvalue weighted by atomic mass is 16.5. The van der Waals surface area contributed by atoms with E-state index >= 15 is 0 Å². The summed E-state index contributed by atoms with van der Waals surface area (Å²) in [5.74, 6) is 1.48. The molecule has 1 aromatic carbocycles. The van der Waals surface area contributed by atoms with E-state index in [1.807, 2.05) is 6.07 Å². The minimum absolute atomic E-state index is 0.298. The van der Waals surface area contributed by atoms with Crippen LogP contribution in [0.3, 0.4) is 0 Å². The SMILES string of the molecule is COc1cccc([C@@H](C)C(C)(C)C)c1. The van der Waals surface area contributed by atoms with Crippen LogP contribution in [-0.4, -0.2) is 7.11 Å². The molecule has 0 saturated heterocycles. The van der Waals surface area contributed by atoms with E-state index in [9.17, 15) is 0 Å². The summed E-state index contributed by atoms with van der Waals surface area (Å²) in [4.78, 5) is 0. The van der Waals surface area contributed by atoms with Crippen molar-refractivity contribution in [2.75, 3.05) is 7.11 Å². The highest BCUT2D eigenvalue weighted by Gasteiger charge is 2.21. The molecule has 0 aromatic heterocycles. The summed E-state index contributed by atoms with van der Waals surface area (Å²) < 4.78 is 5.22. The molecular formula is C13H20O. The van der Waals surface area contributed by atoms with Crippen LogP contribution < -0.4 is 4.74 Å². The average molecular weight is 192 g/mol. The Morgan fingerprint density at radius 1 is 1.21 bits per heavy atom. The molecule has 0 aliphatic heterocycles. The third-order valence-corrected chi connectivity index (χ3v) is 2.89. The second kappa shape index (κ2) is 4.04. The maximum absolute atomic E-state index is 5.22. The van der Waals surface area contributed by atoms with Crippen molar-refractivity contribution in [1.82, 2.24) is 0 Å².